The van der Waals surface area contributed by atoms with E-state index in [1.807, 2.05) is 92.7 Å². The van der Waals surface area contributed by atoms with Crippen LogP contribution in [0.5, 0.6) is 5.75 Å². The number of carbonyl (C=O) groups excluding carboxylic acids is 2. The Morgan fingerprint density at radius 2 is 1.41 bits per heavy atom. The van der Waals surface area contributed by atoms with Crippen molar-refractivity contribution in [2.24, 2.45) is 17.8 Å². The number of imide groups is 1. The minimum atomic E-state index is -3.01. The van der Waals surface area contributed by atoms with Crippen LogP contribution in [0.25, 0.3) is 6.08 Å². The van der Waals surface area contributed by atoms with Crippen molar-refractivity contribution in [1.29, 1.82) is 0 Å². The molecule has 2 aliphatic heterocycles. The van der Waals surface area contributed by atoms with Crippen LogP contribution in [-0.2, 0) is 18.7 Å². The average molecular weight is 859 g/mol. The van der Waals surface area contributed by atoms with E-state index in [0.29, 0.717) is 30.7 Å². The number of phenolic OH excluding ortho intramolecular Hbond substituents is 1. The number of aryl methyl sites for hydroxylation is 2. The molecule has 2 heterocycles. The first-order valence-corrected chi connectivity index (χ1v) is 24.3. The van der Waals surface area contributed by atoms with Crippen LogP contribution in [0.15, 0.2) is 144 Å². The summed E-state index contributed by atoms with van der Waals surface area (Å²) in [6, 6.07) is 42.4. The molecular formula is C53H59BN2O6Si. The van der Waals surface area contributed by atoms with Crippen molar-refractivity contribution in [2.45, 2.75) is 84.7 Å². The number of benzene rings is 5. The molecule has 3 N–H and O–H groups in total. The van der Waals surface area contributed by atoms with Gasteiger partial charge in [-0.1, -0.05) is 118 Å². The van der Waals surface area contributed by atoms with Crippen LogP contribution in [-0.4, -0.2) is 50.1 Å². The zero-order valence-electron chi connectivity index (χ0n) is 37.3. The zero-order chi connectivity index (χ0) is 44.5. The molecule has 324 valence electrons. The Balaban J connectivity index is 1.17. The Morgan fingerprint density at radius 1 is 0.841 bits per heavy atom. The van der Waals surface area contributed by atoms with Gasteiger partial charge in [0.1, 0.15) is 5.75 Å². The van der Waals surface area contributed by atoms with Crippen LogP contribution in [0.2, 0.25) is 11.4 Å². The van der Waals surface area contributed by atoms with Crippen molar-refractivity contribution in [3.05, 3.63) is 161 Å². The predicted octanol–water partition coefficient (Wildman–Crippen LogP) is 9.90. The second-order valence-electron chi connectivity index (χ2n) is 18.5. The molecule has 3 aliphatic rings. The maximum atomic E-state index is 14.8. The third-order valence-corrected chi connectivity index (χ3v) is 18.4. The second kappa shape index (κ2) is 18.3. The summed E-state index contributed by atoms with van der Waals surface area (Å²) in [6.45, 7) is 13.0. The molecule has 5 aromatic rings. The van der Waals surface area contributed by atoms with E-state index >= 15 is 0 Å². The number of nitrogens with one attached hydrogen (secondary N) is 1. The molecule has 4 atom stereocenters. The number of para-hydroxylation sites is 1. The van der Waals surface area contributed by atoms with Crippen molar-refractivity contribution in [1.82, 2.24) is 0 Å². The first-order chi connectivity index (χ1) is 30.3. The zero-order valence-corrected chi connectivity index (χ0v) is 38.3. The lowest BCUT2D eigenvalue weighted by atomic mass is 9.58. The summed E-state index contributed by atoms with van der Waals surface area (Å²) in [5, 5.41) is 27.4. The molecular weight excluding hydrogens is 799 g/mol. The fourth-order valence-electron chi connectivity index (χ4n) is 10.5. The Labute approximate surface area is 374 Å². The fraction of sp³-hybridized carbons (Fsp3) is 0.321. The largest absolute Gasteiger partial charge is 0.507 e. The van der Waals surface area contributed by atoms with Gasteiger partial charge in [0.2, 0.25) is 11.8 Å². The van der Waals surface area contributed by atoms with Crippen LogP contribution in [0.3, 0.4) is 0 Å². The lowest BCUT2D eigenvalue weighted by molar-refractivity contribution is -0.122. The minimum Gasteiger partial charge on any atom is -0.507 e. The van der Waals surface area contributed by atoms with Crippen molar-refractivity contribution in [3.8, 4) is 5.75 Å². The number of phenols is 1. The Morgan fingerprint density at radius 3 is 1.98 bits per heavy atom. The van der Waals surface area contributed by atoms with E-state index in [9.17, 15) is 19.7 Å². The van der Waals surface area contributed by atoms with Gasteiger partial charge in [0.05, 0.1) is 30.2 Å². The summed E-state index contributed by atoms with van der Waals surface area (Å²) >= 11 is 0. The number of nitrogens with zero attached hydrogens (tertiary/aromatic N) is 1. The SMILES string of the molecule is CC/C(=C\c1cc(C)c(O)c(C)c1)CC[C@H]1OB(O)C[C@H]2C1=C(CO[Si](c1ccccc1)(c1ccccc1)C(C)(C)C)C[C@H]1C(=O)N(c3ccc(Nc4ccccc4)cc3)C(=O)[C@H]12. The third-order valence-electron chi connectivity index (χ3n) is 13.4. The molecule has 2 amide bonds. The quantitative estimate of drug-likeness (QED) is 0.0615. The highest BCUT2D eigenvalue weighted by atomic mass is 28.4. The summed E-state index contributed by atoms with van der Waals surface area (Å²) < 4.78 is 14.1. The van der Waals surface area contributed by atoms with Gasteiger partial charge in [-0.25, -0.2) is 0 Å². The molecule has 1 aliphatic carbocycles. The van der Waals surface area contributed by atoms with E-state index in [1.54, 1.807) is 0 Å². The van der Waals surface area contributed by atoms with Crippen LogP contribution < -0.4 is 20.6 Å². The van der Waals surface area contributed by atoms with Crippen molar-refractivity contribution >= 4 is 60.8 Å². The molecule has 2 fully saturated rings. The number of hydrogen-bond acceptors (Lipinski definition) is 7. The fourth-order valence-corrected chi connectivity index (χ4v) is 15.0. The van der Waals surface area contributed by atoms with Gasteiger partial charge in [-0.15, -0.1) is 0 Å². The summed E-state index contributed by atoms with van der Waals surface area (Å²) in [4.78, 5) is 30.9. The maximum Gasteiger partial charge on any atom is 0.455 e. The van der Waals surface area contributed by atoms with E-state index in [4.69, 9.17) is 9.08 Å². The van der Waals surface area contributed by atoms with E-state index in [1.165, 1.54) is 10.5 Å². The van der Waals surface area contributed by atoms with Crippen LogP contribution in [0.4, 0.5) is 17.1 Å². The number of aromatic hydroxyl groups is 1. The Bertz CT molecular complexity index is 2440. The van der Waals surface area contributed by atoms with Gasteiger partial charge in [0, 0.05) is 11.4 Å². The van der Waals surface area contributed by atoms with Gasteiger partial charge in [0.25, 0.3) is 8.32 Å². The van der Waals surface area contributed by atoms with Gasteiger partial charge >= 0.3 is 7.12 Å². The molecule has 0 radical (unpaired) electrons. The highest BCUT2D eigenvalue weighted by Gasteiger charge is 2.58. The molecule has 8 nitrogen and oxygen atoms in total. The predicted molar refractivity (Wildman–Crippen MR) is 257 cm³/mol. The number of allylic oxidation sites excluding steroid dienone is 1. The van der Waals surface area contributed by atoms with Crippen molar-refractivity contribution in [3.63, 3.8) is 0 Å². The van der Waals surface area contributed by atoms with Gasteiger partial charge < -0.3 is 24.5 Å². The minimum absolute atomic E-state index is 0.213. The highest BCUT2D eigenvalue weighted by molar-refractivity contribution is 6.99. The molecule has 0 bridgehead atoms. The number of rotatable bonds is 13. The number of carbonyl (C=O) groups is 2. The maximum absolute atomic E-state index is 14.8. The standard InChI is InChI=1S/C53H59BN2O6Si/c1-7-37(31-38-29-35(2)50(57)36(3)30-38)23-28-47-48-39(34-61-63(53(4,5)6,43-19-13-9-14-20-43)44-21-15-10-16-22-44)32-45-49(46(48)33-54(60)62-47)52(59)56(51(45)58)42-26-24-41(25-27-42)55-40-17-11-8-12-18-40/h8-22,24-27,29-31,45-47,49,55,57,60H,7,23,28,32-34H2,1-6H3/b37-31+/t45-,46+,47-,49-/m1/s1. The lowest BCUT2D eigenvalue weighted by Gasteiger charge is -2.46. The highest BCUT2D eigenvalue weighted by Crippen LogP contribution is 2.52. The normalized spacial score (nSPS) is 20.5. The number of anilines is 3. The first-order valence-electron chi connectivity index (χ1n) is 22.4. The van der Waals surface area contributed by atoms with Crippen molar-refractivity contribution in [2.75, 3.05) is 16.8 Å². The summed E-state index contributed by atoms with van der Waals surface area (Å²) in [6.07, 6.45) is 4.37. The van der Waals surface area contributed by atoms with E-state index in [-0.39, 0.29) is 29.8 Å². The molecule has 5 aromatic carbocycles. The van der Waals surface area contributed by atoms with E-state index < -0.39 is 39.3 Å². The van der Waals surface area contributed by atoms with Gasteiger partial charge in [-0.2, -0.15) is 0 Å². The first kappa shape index (κ1) is 44.1. The second-order valence-corrected chi connectivity index (χ2v) is 22.8. The van der Waals surface area contributed by atoms with Crippen LogP contribution >= 0.6 is 0 Å². The molecule has 10 heteroatoms. The number of amides is 2. The molecule has 2 saturated heterocycles. The topological polar surface area (TPSA) is 108 Å². The average Bonchev–Trinajstić information content (AvgIpc) is 3.53. The van der Waals surface area contributed by atoms with Gasteiger partial charge in [-0.3, -0.25) is 14.5 Å². The number of hydrogen-bond donors (Lipinski definition) is 3. The van der Waals surface area contributed by atoms with E-state index in [2.05, 4.69) is 87.6 Å². The third kappa shape index (κ3) is 8.74. The molecule has 0 unspecified atom stereocenters. The molecule has 8 rings (SSSR count). The summed E-state index contributed by atoms with van der Waals surface area (Å²) in [5.41, 5.74) is 8.20. The Hall–Kier alpha value is -5.52. The molecule has 0 spiro atoms. The monoisotopic (exact) mass is 858 g/mol. The van der Waals surface area contributed by atoms with Gasteiger partial charge in [-0.05, 0) is 144 Å². The van der Waals surface area contributed by atoms with E-state index in [0.717, 1.165) is 56.0 Å². The smallest absolute Gasteiger partial charge is 0.455 e. The van der Waals surface area contributed by atoms with Crippen molar-refractivity contribution < 1.29 is 28.8 Å². The summed E-state index contributed by atoms with van der Waals surface area (Å²) in [5.74, 6) is -1.80. The lowest BCUT2D eigenvalue weighted by Crippen LogP contribution is -2.66. The van der Waals surface area contributed by atoms with Gasteiger partial charge in [0.15, 0.2) is 0 Å². The van der Waals surface area contributed by atoms with Crippen LogP contribution in [0.1, 0.15) is 70.1 Å². The van der Waals surface area contributed by atoms with Crippen LogP contribution in [0, 0.1) is 31.6 Å². The molecule has 0 saturated carbocycles. The molecule has 0 aromatic heterocycles. The molecule has 63 heavy (non-hydrogen) atoms. The number of fused-ring (bicyclic) bond motifs is 3. The Kier molecular flexibility index (Phi) is 12.8. The summed E-state index contributed by atoms with van der Waals surface area (Å²) in [7, 11) is -4.11.